The Labute approximate surface area is 129 Å². The van der Waals surface area contributed by atoms with Gasteiger partial charge in [0, 0.05) is 11.8 Å². The molecule has 6 nitrogen and oxygen atoms in total. The van der Waals surface area contributed by atoms with Crippen LogP contribution in [0.15, 0.2) is 54.7 Å². The molecule has 0 fully saturated rings. The molecule has 0 atom stereocenters. The van der Waals surface area contributed by atoms with Crippen molar-refractivity contribution in [1.29, 1.82) is 0 Å². The highest BCUT2D eigenvalue weighted by Crippen LogP contribution is 2.29. The second-order valence-corrected chi connectivity index (χ2v) is 4.62. The van der Waals surface area contributed by atoms with Crippen LogP contribution in [0.3, 0.4) is 0 Å². The number of rotatable bonds is 4. The second kappa shape index (κ2) is 5.91. The number of carbonyl (C=O) groups is 1. The number of aromatic nitrogens is 4. The molecule has 2 heterocycles. The SMILES string of the molecule is O=C(Nc1n[nH]c(-c2ccccn2)n1)C(F)(F)c1ccccc1. The number of pyridine rings is 1. The third kappa shape index (κ3) is 3.05. The van der Waals surface area contributed by atoms with Crippen molar-refractivity contribution in [2.24, 2.45) is 0 Å². The Kier molecular flexibility index (Phi) is 3.80. The van der Waals surface area contributed by atoms with E-state index in [-0.39, 0.29) is 11.8 Å². The molecule has 116 valence electrons. The first-order valence-electron chi connectivity index (χ1n) is 6.66. The van der Waals surface area contributed by atoms with Gasteiger partial charge in [0.15, 0.2) is 5.82 Å². The maximum atomic E-state index is 14.1. The topological polar surface area (TPSA) is 83.6 Å². The van der Waals surface area contributed by atoms with Crippen molar-refractivity contribution in [1.82, 2.24) is 20.2 Å². The highest BCUT2D eigenvalue weighted by Gasteiger charge is 2.41. The van der Waals surface area contributed by atoms with Crippen LogP contribution in [-0.2, 0) is 10.7 Å². The van der Waals surface area contributed by atoms with Gasteiger partial charge in [-0.1, -0.05) is 36.4 Å². The molecule has 0 saturated carbocycles. The van der Waals surface area contributed by atoms with Crippen LogP contribution in [0, 0.1) is 0 Å². The molecule has 23 heavy (non-hydrogen) atoms. The van der Waals surface area contributed by atoms with E-state index in [0.29, 0.717) is 5.69 Å². The lowest BCUT2D eigenvalue weighted by molar-refractivity contribution is -0.141. The molecule has 0 saturated heterocycles. The third-order valence-electron chi connectivity index (χ3n) is 3.04. The molecule has 0 spiro atoms. The first-order valence-corrected chi connectivity index (χ1v) is 6.66. The summed E-state index contributed by atoms with van der Waals surface area (Å²) in [5.41, 5.74) is 0.0771. The number of hydrogen-bond donors (Lipinski definition) is 2. The van der Waals surface area contributed by atoms with Gasteiger partial charge in [-0.25, -0.2) is 0 Å². The molecule has 3 rings (SSSR count). The standard InChI is InChI=1S/C15H11F2N5O/c16-15(17,10-6-2-1-3-7-10)13(23)20-14-19-12(21-22-14)11-8-4-5-9-18-11/h1-9H,(H2,19,20,21,22,23). The lowest BCUT2D eigenvalue weighted by Crippen LogP contribution is -2.32. The Morgan fingerprint density at radius 1 is 1.09 bits per heavy atom. The molecule has 0 bridgehead atoms. The molecule has 2 aromatic heterocycles. The molecule has 0 aliphatic rings. The van der Waals surface area contributed by atoms with Crippen LogP contribution in [0.2, 0.25) is 0 Å². The number of alkyl halides is 2. The summed E-state index contributed by atoms with van der Waals surface area (Å²) >= 11 is 0. The van der Waals surface area contributed by atoms with Crippen LogP contribution >= 0.6 is 0 Å². The lowest BCUT2D eigenvalue weighted by atomic mass is 10.1. The summed E-state index contributed by atoms with van der Waals surface area (Å²) in [5.74, 6) is -5.17. The largest absolute Gasteiger partial charge is 0.350 e. The zero-order chi connectivity index (χ0) is 16.3. The van der Waals surface area contributed by atoms with Crippen molar-refractivity contribution in [3.8, 4) is 11.5 Å². The van der Waals surface area contributed by atoms with E-state index in [1.807, 2.05) is 5.32 Å². The van der Waals surface area contributed by atoms with Gasteiger partial charge in [-0.05, 0) is 12.1 Å². The number of benzene rings is 1. The lowest BCUT2D eigenvalue weighted by Gasteiger charge is -2.14. The van der Waals surface area contributed by atoms with Crippen molar-refractivity contribution in [2.45, 2.75) is 5.92 Å². The molecule has 2 N–H and O–H groups in total. The van der Waals surface area contributed by atoms with Crippen molar-refractivity contribution in [3.63, 3.8) is 0 Å². The molecule has 3 aromatic rings. The minimum atomic E-state index is -3.69. The Bertz CT molecular complexity index is 805. The Balaban J connectivity index is 1.77. The summed E-state index contributed by atoms with van der Waals surface area (Å²) in [6, 6.07) is 11.9. The first kappa shape index (κ1) is 14.8. The van der Waals surface area contributed by atoms with E-state index in [4.69, 9.17) is 0 Å². The molecule has 0 radical (unpaired) electrons. The van der Waals surface area contributed by atoms with Crippen LogP contribution in [-0.4, -0.2) is 26.1 Å². The summed E-state index contributed by atoms with van der Waals surface area (Å²) in [4.78, 5) is 19.8. The van der Waals surface area contributed by atoms with Gasteiger partial charge in [0.2, 0.25) is 5.95 Å². The molecule has 8 heteroatoms. The van der Waals surface area contributed by atoms with Gasteiger partial charge >= 0.3 is 11.8 Å². The Morgan fingerprint density at radius 3 is 2.52 bits per heavy atom. The smallest absolute Gasteiger partial charge is 0.288 e. The number of halogens is 2. The number of anilines is 1. The summed E-state index contributed by atoms with van der Waals surface area (Å²) in [5, 5.41) is 8.23. The fourth-order valence-corrected chi connectivity index (χ4v) is 1.89. The zero-order valence-corrected chi connectivity index (χ0v) is 11.7. The maximum Gasteiger partial charge on any atom is 0.350 e. The minimum Gasteiger partial charge on any atom is -0.288 e. The number of aromatic amines is 1. The Hall–Kier alpha value is -3.16. The maximum absolute atomic E-state index is 14.1. The summed E-state index contributed by atoms with van der Waals surface area (Å²) < 4.78 is 28.1. The van der Waals surface area contributed by atoms with Gasteiger partial charge in [-0.15, -0.1) is 5.10 Å². The fraction of sp³-hybridized carbons (Fsp3) is 0.0667. The van der Waals surface area contributed by atoms with Gasteiger partial charge in [0.1, 0.15) is 5.69 Å². The van der Waals surface area contributed by atoms with Crippen LogP contribution < -0.4 is 5.32 Å². The predicted molar refractivity (Wildman–Crippen MR) is 78.6 cm³/mol. The van der Waals surface area contributed by atoms with E-state index in [0.717, 1.165) is 0 Å². The summed E-state index contributed by atoms with van der Waals surface area (Å²) in [6.45, 7) is 0. The number of H-pyrrole nitrogens is 1. The van der Waals surface area contributed by atoms with E-state index in [2.05, 4.69) is 20.2 Å². The van der Waals surface area contributed by atoms with E-state index < -0.39 is 17.4 Å². The molecule has 1 amide bonds. The number of amides is 1. The normalized spacial score (nSPS) is 11.2. The number of nitrogens with zero attached hydrogens (tertiary/aromatic N) is 3. The van der Waals surface area contributed by atoms with Crippen molar-refractivity contribution in [2.75, 3.05) is 5.32 Å². The molecule has 0 aliphatic heterocycles. The molecule has 0 aliphatic carbocycles. The quantitative estimate of drug-likeness (QED) is 0.775. The van der Waals surface area contributed by atoms with Gasteiger partial charge in [0.25, 0.3) is 0 Å². The average molecular weight is 315 g/mol. The van der Waals surface area contributed by atoms with E-state index >= 15 is 0 Å². The van der Waals surface area contributed by atoms with Gasteiger partial charge in [-0.2, -0.15) is 13.8 Å². The molecule has 0 unspecified atom stereocenters. The molecular weight excluding hydrogens is 304 g/mol. The monoisotopic (exact) mass is 315 g/mol. The average Bonchev–Trinajstić information content (AvgIpc) is 3.05. The minimum absolute atomic E-state index is 0.244. The highest BCUT2D eigenvalue weighted by atomic mass is 19.3. The van der Waals surface area contributed by atoms with E-state index in [1.54, 1.807) is 30.5 Å². The van der Waals surface area contributed by atoms with Crippen molar-refractivity contribution >= 4 is 11.9 Å². The predicted octanol–water partition coefficient (Wildman–Crippen LogP) is 2.60. The van der Waals surface area contributed by atoms with E-state index in [9.17, 15) is 13.6 Å². The first-order chi connectivity index (χ1) is 11.1. The Morgan fingerprint density at radius 2 is 1.83 bits per heavy atom. The second-order valence-electron chi connectivity index (χ2n) is 4.62. The van der Waals surface area contributed by atoms with Crippen molar-refractivity contribution < 1.29 is 13.6 Å². The number of carbonyl (C=O) groups excluding carboxylic acids is 1. The van der Waals surface area contributed by atoms with Crippen LogP contribution in [0.5, 0.6) is 0 Å². The van der Waals surface area contributed by atoms with Gasteiger partial charge < -0.3 is 0 Å². The van der Waals surface area contributed by atoms with Crippen LogP contribution in [0.1, 0.15) is 5.56 Å². The molecule has 1 aromatic carbocycles. The van der Waals surface area contributed by atoms with Gasteiger partial charge in [0.05, 0.1) is 0 Å². The summed E-state index contributed by atoms with van der Waals surface area (Å²) in [7, 11) is 0. The number of hydrogen-bond acceptors (Lipinski definition) is 4. The summed E-state index contributed by atoms with van der Waals surface area (Å²) in [6.07, 6.45) is 1.56. The highest BCUT2D eigenvalue weighted by molar-refractivity contribution is 5.95. The van der Waals surface area contributed by atoms with Crippen LogP contribution in [0.25, 0.3) is 11.5 Å². The fourth-order valence-electron chi connectivity index (χ4n) is 1.89. The van der Waals surface area contributed by atoms with Crippen LogP contribution in [0.4, 0.5) is 14.7 Å². The zero-order valence-electron chi connectivity index (χ0n) is 11.7. The number of nitrogens with one attached hydrogen (secondary N) is 2. The third-order valence-corrected chi connectivity index (χ3v) is 3.04. The van der Waals surface area contributed by atoms with E-state index in [1.165, 1.54) is 24.3 Å². The van der Waals surface area contributed by atoms with Gasteiger partial charge in [-0.3, -0.25) is 20.2 Å². The molecular formula is C15H11F2N5O. The van der Waals surface area contributed by atoms with Crippen molar-refractivity contribution in [3.05, 3.63) is 60.3 Å².